The predicted octanol–water partition coefficient (Wildman–Crippen LogP) is 2.91. The van der Waals surface area contributed by atoms with Crippen molar-refractivity contribution in [3.05, 3.63) is 17.0 Å². The molecule has 0 amide bonds. The topological polar surface area (TPSA) is 49.4 Å². The lowest BCUT2D eigenvalue weighted by Gasteiger charge is -2.34. The number of nitrogens with one attached hydrogen (secondary N) is 1. The van der Waals surface area contributed by atoms with Gasteiger partial charge in [0.2, 0.25) is 0 Å². The molecule has 4 nitrogen and oxygen atoms in total. The van der Waals surface area contributed by atoms with Gasteiger partial charge in [0.1, 0.15) is 4.21 Å². The molecular weight excluding hydrogens is 304 g/mol. The van der Waals surface area contributed by atoms with E-state index in [1.807, 2.05) is 6.07 Å². The molecule has 2 unspecified atom stereocenters. The van der Waals surface area contributed by atoms with Crippen molar-refractivity contribution < 1.29 is 8.42 Å². The SMILES string of the molecule is CCCNCc1ccc(S(=O)(=O)N2CCC(C)C(C)C2)s1. The van der Waals surface area contributed by atoms with E-state index in [1.54, 1.807) is 10.4 Å². The second-order valence-electron chi connectivity index (χ2n) is 6.00. The molecule has 0 bridgehead atoms. The first-order valence-electron chi connectivity index (χ1n) is 7.74. The highest BCUT2D eigenvalue weighted by Gasteiger charge is 2.32. The summed E-state index contributed by atoms with van der Waals surface area (Å²) in [6, 6.07) is 3.68. The van der Waals surface area contributed by atoms with Crippen LogP contribution in [0.25, 0.3) is 0 Å². The molecule has 1 aliphatic rings. The summed E-state index contributed by atoms with van der Waals surface area (Å²) in [6.07, 6.45) is 2.04. The summed E-state index contributed by atoms with van der Waals surface area (Å²) < 4.78 is 27.5. The minimum atomic E-state index is -3.30. The van der Waals surface area contributed by atoms with Gasteiger partial charge >= 0.3 is 0 Å². The van der Waals surface area contributed by atoms with Crippen molar-refractivity contribution in [2.45, 2.75) is 44.4 Å². The molecule has 120 valence electrons. The fourth-order valence-corrected chi connectivity index (χ4v) is 5.59. The van der Waals surface area contributed by atoms with E-state index in [-0.39, 0.29) is 0 Å². The summed E-state index contributed by atoms with van der Waals surface area (Å²) in [7, 11) is -3.30. The molecule has 1 saturated heterocycles. The molecule has 1 fully saturated rings. The van der Waals surface area contributed by atoms with Crippen LogP contribution in [0.15, 0.2) is 16.3 Å². The van der Waals surface area contributed by atoms with Crippen LogP contribution in [0.2, 0.25) is 0 Å². The van der Waals surface area contributed by atoms with E-state index < -0.39 is 10.0 Å². The molecule has 0 spiro atoms. The first-order valence-corrected chi connectivity index (χ1v) is 10.0. The normalized spacial score (nSPS) is 24.3. The van der Waals surface area contributed by atoms with Gasteiger partial charge in [0.05, 0.1) is 0 Å². The van der Waals surface area contributed by atoms with Crippen LogP contribution in [-0.2, 0) is 16.6 Å². The number of sulfonamides is 1. The first-order chi connectivity index (χ1) is 9.95. The molecule has 0 radical (unpaired) electrons. The van der Waals surface area contributed by atoms with Gasteiger partial charge < -0.3 is 5.32 Å². The highest BCUT2D eigenvalue weighted by atomic mass is 32.2. The second-order valence-corrected chi connectivity index (χ2v) is 9.34. The highest BCUT2D eigenvalue weighted by molar-refractivity contribution is 7.91. The van der Waals surface area contributed by atoms with Crippen molar-refractivity contribution in [2.75, 3.05) is 19.6 Å². The first kappa shape index (κ1) is 16.9. The average Bonchev–Trinajstić information content (AvgIpc) is 2.91. The third kappa shape index (κ3) is 4.06. The van der Waals surface area contributed by atoms with Gasteiger partial charge in [-0.1, -0.05) is 20.8 Å². The Morgan fingerprint density at radius 1 is 1.33 bits per heavy atom. The third-order valence-corrected chi connectivity index (χ3v) is 7.67. The van der Waals surface area contributed by atoms with E-state index in [1.165, 1.54) is 11.3 Å². The number of hydrogen-bond acceptors (Lipinski definition) is 4. The van der Waals surface area contributed by atoms with Crippen LogP contribution in [0.1, 0.15) is 38.5 Å². The summed E-state index contributed by atoms with van der Waals surface area (Å²) in [6.45, 7) is 9.47. The third-order valence-electron chi connectivity index (χ3n) is 4.25. The van der Waals surface area contributed by atoms with Gasteiger partial charge in [-0.15, -0.1) is 11.3 Å². The smallest absolute Gasteiger partial charge is 0.252 e. The summed E-state index contributed by atoms with van der Waals surface area (Å²) in [5.41, 5.74) is 0. The Bertz CT molecular complexity index is 554. The lowest BCUT2D eigenvalue weighted by atomic mass is 9.90. The Morgan fingerprint density at radius 2 is 2.10 bits per heavy atom. The van der Waals surface area contributed by atoms with Crippen molar-refractivity contribution in [2.24, 2.45) is 11.8 Å². The van der Waals surface area contributed by atoms with Crippen LogP contribution in [-0.4, -0.2) is 32.4 Å². The summed E-state index contributed by atoms with van der Waals surface area (Å²) in [5.74, 6) is 1.03. The van der Waals surface area contributed by atoms with Gasteiger partial charge in [0.15, 0.2) is 0 Å². The minimum absolute atomic E-state index is 0.430. The second kappa shape index (κ2) is 7.22. The molecule has 2 rings (SSSR count). The Hall–Kier alpha value is -0.430. The Kier molecular flexibility index (Phi) is 5.82. The fraction of sp³-hybridized carbons (Fsp3) is 0.733. The summed E-state index contributed by atoms with van der Waals surface area (Å²) >= 11 is 1.39. The Labute approximate surface area is 132 Å². The molecule has 2 heterocycles. The highest BCUT2D eigenvalue weighted by Crippen LogP contribution is 2.30. The maximum Gasteiger partial charge on any atom is 0.252 e. The molecule has 1 aliphatic heterocycles. The molecule has 1 N–H and O–H groups in total. The number of nitrogens with zero attached hydrogens (tertiary/aromatic N) is 1. The van der Waals surface area contributed by atoms with Gasteiger partial charge in [-0.3, -0.25) is 0 Å². The standard InChI is InChI=1S/C15H26N2O2S2/c1-4-8-16-10-14-5-6-15(20-14)21(18,19)17-9-7-12(2)13(3)11-17/h5-6,12-13,16H,4,7-11H2,1-3H3. The van der Waals surface area contributed by atoms with Crippen molar-refractivity contribution >= 4 is 21.4 Å². The summed E-state index contributed by atoms with van der Waals surface area (Å²) in [4.78, 5) is 1.08. The monoisotopic (exact) mass is 330 g/mol. The van der Waals surface area contributed by atoms with Crippen LogP contribution in [0.4, 0.5) is 0 Å². The van der Waals surface area contributed by atoms with E-state index in [0.29, 0.717) is 29.1 Å². The van der Waals surface area contributed by atoms with Crippen molar-refractivity contribution in [3.8, 4) is 0 Å². The maximum absolute atomic E-state index is 12.7. The molecular formula is C15H26N2O2S2. The minimum Gasteiger partial charge on any atom is -0.312 e. The van der Waals surface area contributed by atoms with Crippen molar-refractivity contribution in [1.29, 1.82) is 0 Å². The number of thiophene rings is 1. The lowest BCUT2D eigenvalue weighted by Crippen LogP contribution is -2.41. The van der Waals surface area contributed by atoms with E-state index in [4.69, 9.17) is 0 Å². The average molecular weight is 331 g/mol. The Balaban J connectivity index is 2.06. The number of piperidine rings is 1. The molecule has 1 aromatic rings. The quantitative estimate of drug-likeness (QED) is 0.816. The predicted molar refractivity (Wildman–Crippen MR) is 88.0 cm³/mol. The van der Waals surface area contributed by atoms with E-state index in [2.05, 4.69) is 26.1 Å². The van der Waals surface area contributed by atoms with E-state index in [9.17, 15) is 8.42 Å². The fourth-order valence-electron chi connectivity index (χ4n) is 2.55. The van der Waals surface area contributed by atoms with Crippen LogP contribution in [0.5, 0.6) is 0 Å². The van der Waals surface area contributed by atoms with E-state index >= 15 is 0 Å². The largest absolute Gasteiger partial charge is 0.312 e. The molecule has 21 heavy (non-hydrogen) atoms. The number of rotatable bonds is 6. The van der Waals surface area contributed by atoms with Crippen molar-refractivity contribution in [1.82, 2.24) is 9.62 Å². The zero-order chi connectivity index (χ0) is 15.5. The van der Waals surface area contributed by atoms with Crippen molar-refractivity contribution in [3.63, 3.8) is 0 Å². The van der Waals surface area contributed by atoms with Crippen LogP contribution >= 0.6 is 11.3 Å². The molecule has 0 saturated carbocycles. The van der Waals surface area contributed by atoms with Crippen LogP contribution in [0, 0.1) is 11.8 Å². The number of hydrogen-bond donors (Lipinski definition) is 1. The zero-order valence-electron chi connectivity index (χ0n) is 13.1. The van der Waals surface area contributed by atoms with Crippen LogP contribution < -0.4 is 5.32 Å². The molecule has 6 heteroatoms. The lowest BCUT2D eigenvalue weighted by molar-refractivity contribution is 0.213. The maximum atomic E-state index is 12.7. The molecule has 0 aromatic carbocycles. The van der Waals surface area contributed by atoms with Gasteiger partial charge in [-0.05, 0) is 43.4 Å². The molecule has 2 atom stereocenters. The zero-order valence-corrected chi connectivity index (χ0v) is 14.8. The van der Waals surface area contributed by atoms with Crippen LogP contribution in [0.3, 0.4) is 0 Å². The molecule has 0 aliphatic carbocycles. The Morgan fingerprint density at radius 3 is 2.76 bits per heavy atom. The molecule has 1 aromatic heterocycles. The van der Waals surface area contributed by atoms with E-state index in [0.717, 1.165) is 30.8 Å². The van der Waals surface area contributed by atoms with Gasteiger partial charge in [0.25, 0.3) is 10.0 Å². The van der Waals surface area contributed by atoms with Gasteiger partial charge in [-0.2, -0.15) is 4.31 Å². The van der Waals surface area contributed by atoms with Gasteiger partial charge in [-0.25, -0.2) is 8.42 Å². The van der Waals surface area contributed by atoms with Gasteiger partial charge in [0, 0.05) is 24.5 Å². The summed E-state index contributed by atoms with van der Waals surface area (Å²) in [5, 5.41) is 3.31.